The summed E-state index contributed by atoms with van der Waals surface area (Å²) in [7, 11) is -4.47. The van der Waals surface area contributed by atoms with Crippen molar-refractivity contribution in [2.45, 2.75) is 17.9 Å². The third-order valence-electron chi connectivity index (χ3n) is 4.63. The molecule has 160 valence electrons. The molecular weight excluding hydrogens is 496 g/mol. The highest BCUT2D eigenvalue weighted by Crippen LogP contribution is 2.28. The highest BCUT2D eigenvalue weighted by Gasteiger charge is 2.25. The molecule has 0 bridgehead atoms. The zero-order chi connectivity index (χ0) is 22.3. The Labute approximate surface area is 183 Å². The number of anilines is 1. The SMILES string of the molecule is C[C@H](c1cccc(Br)c1)n1c(=O)oc2cc(S(=O)(=O)Nc3cccc(F)n3)c(F)cc21. The van der Waals surface area contributed by atoms with Crippen LogP contribution in [-0.2, 0) is 10.0 Å². The van der Waals surface area contributed by atoms with Gasteiger partial charge < -0.3 is 4.42 Å². The molecule has 0 aliphatic carbocycles. The number of aromatic nitrogens is 2. The van der Waals surface area contributed by atoms with E-state index in [0.717, 1.165) is 28.2 Å². The molecule has 7 nitrogen and oxygen atoms in total. The summed E-state index contributed by atoms with van der Waals surface area (Å²) in [6.07, 6.45) is 0. The van der Waals surface area contributed by atoms with Crippen molar-refractivity contribution >= 4 is 42.9 Å². The number of pyridine rings is 1. The number of rotatable bonds is 5. The van der Waals surface area contributed by atoms with Crippen LogP contribution in [0.25, 0.3) is 11.1 Å². The molecule has 2 aromatic carbocycles. The average Bonchev–Trinajstić information content (AvgIpc) is 3.01. The zero-order valence-corrected chi connectivity index (χ0v) is 18.2. The van der Waals surface area contributed by atoms with E-state index in [9.17, 15) is 22.0 Å². The van der Waals surface area contributed by atoms with E-state index in [-0.39, 0.29) is 16.9 Å². The second kappa shape index (κ2) is 7.89. The lowest BCUT2D eigenvalue weighted by Crippen LogP contribution is -2.19. The van der Waals surface area contributed by atoms with Crippen LogP contribution in [0, 0.1) is 11.8 Å². The van der Waals surface area contributed by atoms with Gasteiger partial charge in [0, 0.05) is 16.6 Å². The number of oxazole rings is 1. The fourth-order valence-electron chi connectivity index (χ4n) is 3.18. The van der Waals surface area contributed by atoms with Crippen molar-refractivity contribution in [1.82, 2.24) is 9.55 Å². The first-order chi connectivity index (χ1) is 14.7. The fourth-order valence-corrected chi connectivity index (χ4v) is 4.68. The van der Waals surface area contributed by atoms with Crippen molar-refractivity contribution in [3.63, 3.8) is 0 Å². The van der Waals surface area contributed by atoms with E-state index in [1.165, 1.54) is 16.7 Å². The molecule has 2 aromatic heterocycles. The summed E-state index contributed by atoms with van der Waals surface area (Å²) in [5.41, 5.74) is 0.744. The monoisotopic (exact) mass is 509 g/mol. The Morgan fingerprint density at radius 1 is 1.13 bits per heavy atom. The summed E-state index contributed by atoms with van der Waals surface area (Å²) in [4.78, 5) is 15.1. The first-order valence-electron chi connectivity index (χ1n) is 8.91. The van der Waals surface area contributed by atoms with Crippen LogP contribution in [0.15, 0.2) is 73.2 Å². The van der Waals surface area contributed by atoms with Crippen LogP contribution in [0.2, 0.25) is 0 Å². The van der Waals surface area contributed by atoms with Gasteiger partial charge in [0.05, 0.1) is 11.6 Å². The van der Waals surface area contributed by atoms with E-state index >= 15 is 0 Å². The normalized spacial score (nSPS) is 12.8. The van der Waals surface area contributed by atoms with E-state index in [1.807, 2.05) is 10.8 Å². The Kier molecular flexibility index (Phi) is 5.40. The summed E-state index contributed by atoms with van der Waals surface area (Å²) in [5, 5.41) is 0. The van der Waals surface area contributed by atoms with E-state index in [2.05, 4.69) is 20.9 Å². The van der Waals surface area contributed by atoms with Gasteiger partial charge in [-0.15, -0.1) is 0 Å². The Bertz CT molecular complexity index is 1470. The second-order valence-corrected chi connectivity index (χ2v) is 9.24. The average molecular weight is 510 g/mol. The summed E-state index contributed by atoms with van der Waals surface area (Å²) >= 11 is 3.36. The van der Waals surface area contributed by atoms with Gasteiger partial charge in [-0.3, -0.25) is 9.29 Å². The topological polar surface area (TPSA) is 94.2 Å². The predicted octanol–water partition coefficient (Wildman–Crippen LogP) is 4.44. The molecule has 0 spiro atoms. The predicted molar refractivity (Wildman–Crippen MR) is 113 cm³/mol. The maximum Gasteiger partial charge on any atom is 0.420 e. The van der Waals surface area contributed by atoms with E-state index in [4.69, 9.17) is 4.42 Å². The maximum absolute atomic E-state index is 14.8. The zero-order valence-electron chi connectivity index (χ0n) is 15.8. The van der Waals surface area contributed by atoms with Gasteiger partial charge in [0.2, 0.25) is 5.95 Å². The molecule has 0 amide bonds. The van der Waals surface area contributed by atoms with Crippen molar-refractivity contribution < 1.29 is 21.6 Å². The fraction of sp³-hybridized carbons (Fsp3) is 0.100. The van der Waals surface area contributed by atoms with Gasteiger partial charge in [0.25, 0.3) is 10.0 Å². The minimum Gasteiger partial charge on any atom is -0.408 e. The highest BCUT2D eigenvalue weighted by atomic mass is 79.9. The summed E-state index contributed by atoms with van der Waals surface area (Å²) in [6, 6.07) is 12.0. The van der Waals surface area contributed by atoms with Gasteiger partial charge in [-0.1, -0.05) is 34.1 Å². The lowest BCUT2D eigenvalue weighted by atomic mass is 10.1. The molecule has 0 fully saturated rings. The largest absolute Gasteiger partial charge is 0.420 e. The van der Waals surface area contributed by atoms with Crippen LogP contribution in [0.3, 0.4) is 0 Å². The molecular formula is C20H14BrF2N3O4S. The van der Waals surface area contributed by atoms with Crippen LogP contribution in [0.4, 0.5) is 14.6 Å². The molecule has 11 heteroatoms. The van der Waals surface area contributed by atoms with Crippen molar-refractivity contribution in [3.8, 4) is 0 Å². The van der Waals surface area contributed by atoms with Gasteiger partial charge in [-0.2, -0.15) is 4.39 Å². The molecule has 0 aliphatic heterocycles. The van der Waals surface area contributed by atoms with Gasteiger partial charge in [-0.25, -0.2) is 22.6 Å². The standard InChI is InChI=1S/C20H14BrF2N3O4S/c1-11(12-4-2-5-13(21)8-12)26-15-9-14(22)17(10-16(15)30-20(26)27)31(28,29)25-19-7-3-6-18(23)24-19/h2-11H,1H3,(H,24,25)/t11-/m1/s1. The minimum absolute atomic E-state index is 0.0952. The van der Waals surface area contributed by atoms with Gasteiger partial charge in [-0.05, 0) is 36.8 Å². The summed E-state index contributed by atoms with van der Waals surface area (Å²) in [6.45, 7) is 1.73. The van der Waals surface area contributed by atoms with Crippen molar-refractivity contribution in [2.75, 3.05) is 4.72 Å². The number of hydrogen-bond acceptors (Lipinski definition) is 5. The molecule has 0 radical (unpaired) electrons. The Morgan fingerprint density at radius 2 is 1.87 bits per heavy atom. The summed E-state index contributed by atoms with van der Waals surface area (Å²) < 4.78 is 62.6. The lowest BCUT2D eigenvalue weighted by molar-refractivity contribution is 0.489. The number of nitrogens with one attached hydrogen (secondary N) is 1. The number of fused-ring (bicyclic) bond motifs is 1. The van der Waals surface area contributed by atoms with Gasteiger partial charge in [0.15, 0.2) is 5.58 Å². The minimum atomic E-state index is -4.47. The lowest BCUT2D eigenvalue weighted by Gasteiger charge is -2.14. The Hall–Kier alpha value is -3.05. The first-order valence-corrected chi connectivity index (χ1v) is 11.2. The molecule has 4 rings (SSSR count). The Balaban J connectivity index is 1.79. The van der Waals surface area contributed by atoms with Crippen molar-refractivity contribution in [3.05, 3.63) is 86.9 Å². The third-order valence-corrected chi connectivity index (χ3v) is 6.49. The van der Waals surface area contributed by atoms with Gasteiger partial charge in [0.1, 0.15) is 16.5 Å². The third kappa shape index (κ3) is 4.10. The molecule has 0 unspecified atom stereocenters. The van der Waals surface area contributed by atoms with Crippen molar-refractivity contribution in [1.29, 1.82) is 0 Å². The molecule has 0 aliphatic rings. The van der Waals surface area contributed by atoms with Crippen LogP contribution < -0.4 is 10.5 Å². The quantitative estimate of drug-likeness (QED) is 0.401. The van der Waals surface area contributed by atoms with E-state index in [1.54, 1.807) is 25.1 Å². The van der Waals surface area contributed by atoms with Crippen LogP contribution in [0.1, 0.15) is 18.5 Å². The van der Waals surface area contributed by atoms with E-state index < -0.39 is 38.5 Å². The van der Waals surface area contributed by atoms with E-state index in [0.29, 0.717) is 0 Å². The van der Waals surface area contributed by atoms with Crippen LogP contribution in [-0.4, -0.2) is 18.0 Å². The van der Waals surface area contributed by atoms with Crippen LogP contribution in [0.5, 0.6) is 0 Å². The maximum atomic E-state index is 14.8. The summed E-state index contributed by atoms with van der Waals surface area (Å²) in [5.74, 6) is -3.09. The number of hydrogen-bond donors (Lipinski definition) is 1. The molecule has 0 saturated carbocycles. The second-order valence-electron chi connectivity index (χ2n) is 6.67. The molecule has 1 N–H and O–H groups in total. The first kappa shape index (κ1) is 21.2. The van der Waals surface area contributed by atoms with Gasteiger partial charge >= 0.3 is 5.76 Å². The smallest absolute Gasteiger partial charge is 0.408 e. The molecule has 1 atom stereocenters. The Morgan fingerprint density at radius 3 is 2.58 bits per heavy atom. The highest BCUT2D eigenvalue weighted by molar-refractivity contribution is 9.10. The molecule has 2 heterocycles. The van der Waals surface area contributed by atoms with Crippen molar-refractivity contribution in [2.24, 2.45) is 0 Å². The molecule has 0 saturated heterocycles. The number of benzene rings is 2. The number of sulfonamides is 1. The molecule has 4 aromatic rings. The number of nitrogens with zero attached hydrogens (tertiary/aromatic N) is 2. The number of halogens is 3. The van der Waals surface area contributed by atoms with Crippen LogP contribution >= 0.6 is 15.9 Å². The molecule has 31 heavy (non-hydrogen) atoms.